The van der Waals surface area contributed by atoms with Crippen molar-refractivity contribution in [2.75, 3.05) is 18.9 Å². The Balaban J connectivity index is 2.84. The van der Waals surface area contributed by atoms with Crippen LogP contribution < -0.4 is 4.74 Å². The first kappa shape index (κ1) is 11.9. The van der Waals surface area contributed by atoms with E-state index in [4.69, 9.17) is 4.74 Å². The highest BCUT2D eigenvalue weighted by atomic mass is 32.1. The molecule has 0 spiro atoms. The third-order valence-electron chi connectivity index (χ3n) is 1.79. The molecule has 4 heteroatoms. The van der Waals surface area contributed by atoms with Crippen molar-refractivity contribution in [3.05, 3.63) is 23.8 Å². The van der Waals surface area contributed by atoms with Crippen LogP contribution in [0.2, 0.25) is 0 Å². The second kappa shape index (κ2) is 6.35. The second-order valence-corrected chi connectivity index (χ2v) is 3.33. The Morgan fingerprint density at radius 2 is 2.33 bits per heavy atom. The Hall–Kier alpha value is -1.16. The fraction of sp³-hybridized carbons (Fsp3) is 0.364. The first-order valence-electron chi connectivity index (χ1n) is 4.85. The van der Waals surface area contributed by atoms with E-state index in [0.717, 1.165) is 0 Å². The molecule has 0 aliphatic carbocycles. The largest absolute Gasteiger partial charge is 0.504 e. The van der Waals surface area contributed by atoms with Gasteiger partial charge in [-0.15, -0.1) is 0 Å². The fourth-order valence-electron chi connectivity index (χ4n) is 1.14. The number of phenols is 1. The molecule has 0 aromatic heterocycles. The smallest absolute Gasteiger partial charge is 0.166 e. The summed E-state index contributed by atoms with van der Waals surface area (Å²) in [5.74, 6) is 1.33. The zero-order valence-electron chi connectivity index (χ0n) is 8.68. The van der Waals surface area contributed by atoms with E-state index < -0.39 is 0 Å². The van der Waals surface area contributed by atoms with Gasteiger partial charge in [0.2, 0.25) is 0 Å². The second-order valence-electron chi connectivity index (χ2n) is 2.89. The lowest BCUT2D eigenvalue weighted by atomic mass is 10.2. The van der Waals surface area contributed by atoms with Gasteiger partial charge in [-0.2, -0.15) is 12.6 Å². The van der Waals surface area contributed by atoms with Crippen molar-refractivity contribution >= 4 is 18.8 Å². The Kier molecular flexibility index (Phi) is 5.04. The molecule has 0 bridgehead atoms. The van der Waals surface area contributed by atoms with Gasteiger partial charge in [-0.1, -0.05) is 6.07 Å². The highest BCUT2D eigenvalue weighted by Gasteiger charge is 2.04. The standard InChI is InChI=1S/C11H15NO2S/c1-2-14-10-5-3-4-9(11(10)13)8-12-6-7-15/h3-5,8,13,15H,2,6-7H2,1H3. The number of hydrogen-bond acceptors (Lipinski definition) is 4. The molecule has 0 saturated carbocycles. The summed E-state index contributed by atoms with van der Waals surface area (Å²) in [5, 5.41) is 9.78. The Bertz CT molecular complexity index is 339. The first-order valence-corrected chi connectivity index (χ1v) is 5.48. The molecule has 82 valence electrons. The van der Waals surface area contributed by atoms with E-state index in [2.05, 4.69) is 17.6 Å². The molecule has 1 rings (SSSR count). The molecule has 0 heterocycles. The summed E-state index contributed by atoms with van der Waals surface area (Å²) < 4.78 is 5.26. The summed E-state index contributed by atoms with van der Waals surface area (Å²) in [6, 6.07) is 5.35. The molecule has 0 aliphatic rings. The maximum Gasteiger partial charge on any atom is 0.166 e. The minimum atomic E-state index is 0.141. The number of hydrogen-bond donors (Lipinski definition) is 2. The Morgan fingerprint density at radius 1 is 1.53 bits per heavy atom. The average Bonchev–Trinajstić information content (AvgIpc) is 2.24. The van der Waals surface area contributed by atoms with Crippen LogP contribution in [0.5, 0.6) is 11.5 Å². The summed E-state index contributed by atoms with van der Waals surface area (Å²) in [5.41, 5.74) is 0.669. The van der Waals surface area contributed by atoms with Crippen molar-refractivity contribution in [2.45, 2.75) is 6.92 Å². The zero-order valence-corrected chi connectivity index (χ0v) is 9.58. The maximum atomic E-state index is 9.78. The molecule has 0 saturated heterocycles. The maximum absolute atomic E-state index is 9.78. The van der Waals surface area contributed by atoms with E-state index in [9.17, 15) is 5.11 Å². The number of aromatic hydroxyl groups is 1. The number of thiol groups is 1. The number of para-hydroxylation sites is 1. The monoisotopic (exact) mass is 225 g/mol. The predicted octanol–water partition coefficient (Wildman–Crippen LogP) is 2.14. The molecular weight excluding hydrogens is 210 g/mol. The third-order valence-corrected chi connectivity index (χ3v) is 1.99. The fourth-order valence-corrected chi connectivity index (χ4v) is 1.25. The third kappa shape index (κ3) is 3.47. The van der Waals surface area contributed by atoms with E-state index in [1.807, 2.05) is 13.0 Å². The van der Waals surface area contributed by atoms with Gasteiger partial charge in [-0.3, -0.25) is 4.99 Å². The SMILES string of the molecule is CCOc1cccc(C=NCCS)c1O. The van der Waals surface area contributed by atoms with Crippen molar-refractivity contribution in [3.63, 3.8) is 0 Å². The van der Waals surface area contributed by atoms with Crippen LogP contribution in [-0.4, -0.2) is 30.2 Å². The van der Waals surface area contributed by atoms with E-state index in [1.54, 1.807) is 18.3 Å². The Labute approximate surface area is 95.2 Å². The molecule has 0 amide bonds. The van der Waals surface area contributed by atoms with E-state index in [0.29, 0.717) is 30.2 Å². The van der Waals surface area contributed by atoms with Crippen LogP contribution in [-0.2, 0) is 0 Å². The van der Waals surface area contributed by atoms with Crippen molar-refractivity contribution in [3.8, 4) is 11.5 Å². The van der Waals surface area contributed by atoms with Crippen molar-refractivity contribution in [1.82, 2.24) is 0 Å². The van der Waals surface area contributed by atoms with Gasteiger partial charge in [0.25, 0.3) is 0 Å². The quantitative estimate of drug-likeness (QED) is 0.595. The van der Waals surface area contributed by atoms with Crippen molar-refractivity contribution < 1.29 is 9.84 Å². The summed E-state index contributed by atoms with van der Waals surface area (Å²) in [7, 11) is 0. The highest BCUT2D eigenvalue weighted by molar-refractivity contribution is 7.80. The molecule has 3 nitrogen and oxygen atoms in total. The van der Waals surface area contributed by atoms with Crippen LogP contribution in [0.3, 0.4) is 0 Å². The van der Waals surface area contributed by atoms with Crippen LogP contribution >= 0.6 is 12.6 Å². The topological polar surface area (TPSA) is 41.8 Å². The first-order chi connectivity index (χ1) is 7.29. The normalized spacial score (nSPS) is 10.8. The Morgan fingerprint density at radius 3 is 3.00 bits per heavy atom. The molecule has 0 radical (unpaired) electrons. The van der Waals surface area contributed by atoms with Crippen LogP contribution in [0, 0.1) is 0 Å². The van der Waals surface area contributed by atoms with Crippen molar-refractivity contribution in [2.24, 2.45) is 4.99 Å². The highest BCUT2D eigenvalue weighted by Crippen LogP contribution is 2.28. The lowest BCUT2D eigenvalue weighted by molar-refractivity contribution is 0.318. The van der Waals surface area contributed by atoms with Crippen molar-refractivity contribution in [1.29, 1.82) is 0 Å². The van der Waals surface area contributed by atoms with E-state index in [1.165, 1.54) is 0 Å². The van der Waals surface area contributed by atoms with Gasteiger partial charge in [0.05, 0.1) is 6.61 Å². The lowest BCUT2D eigenvalue weighted by Gasteiger charge is -2.06. The average molecular weight is 225 g/mol. The van der Waals surface area contributed by atoms with Crippen LogP contribution in [0.4, 0.5) is 0 Å². The number of nitrogens with zero attached hydrogens (tertiary/aromatic N) is 1. The molecule has 1 N–H and O–H groups in total. The molecule has 1 aromatic rings. The van der Waals surface area contributed by atoms with Gasteiger partial charge in [-0.25, -0.2) is 0 Å². The van der Waals surface area contributed by atoms with Crippen LogP contribution in [0.1, 0.15) is 12.5 Å². The number of phenolic OH excluding ortho intramolecular Hbond substituents is 1. The zero-order chi connectivity index (χ0) is 11.1. The summed E-state index contributed by atoms with van der Waals surface area (Å²) in [6.07, 6.45) is 1.63. The lowest BCUT2D eigenvalue weighted by Crippen LogP contribution is -1.94. The van der Waals surface area contributed by atoms with Gasteiger partial charge in [0.1, 0.15) is 0 Å². The molecule has 0 aliphatic heterocycles. The molecule has 1 aromatic carbocycles. The molecule has 0 unspecified atom stereocenters. The number of rotatable bonds is 5. The van der Waals surface area contributed by atoms with E-state index in [-0.39, 0.29) is 5.75 Å². The van der Waals surface area contributed by atoms with Gasteiger partial charge < -0.3 is 9.84 Å². The number of ether oxygens (including phenoxy) is 1. The molecule has 0 atom stereocenters. The summed E-state index contributed by atoms with van der Waals surface area (Å²) >= 11 is 4.05. The molecule has 15 heavy (non-hydrogen) atoms. The minimum Gasteiger partial charge on any atom is -0.504 e. The van der Waals surface area contributed by atoms with Gasteiger partial charge in [0, 0.05) is 24.1 Å². The van der Waals surface area contributed by atoms with Gasteiger partial charge in [-0.05, 0) is 19.1 Å². The number of benzene rings is 1. The predicted molar refractivity (Wildman–Crippen MR) is 65.6 cm³/mol. The van der Waals surface area contributed by atoms with Crippen LogP contribution in [0.25, 0.3) is 0 Å². The van der Waals surface area contributed by atoms with Crippen LogP contribution in [0.15, 0.2) is 23.2 Å². The summed E-state index contributed by atoms with van der Waals surface area (Å²) in [6.45, 7) is 3.05. The minimum absolute atomic E-state index is 0.141. The molecule has 0 fully saturated rings. The van der Waals surface area contributed by atoms with Gasteiger partial charge in [0.15, 0.2) is 11.5 Å². The van der Waals surface area contributed by atoms with Gasteiger partial charge >= 0.3 is 0 Å². The molecular formula is C11H15NO2S. The van der Waals surface area contributed by atoms with E-state index >= 15 is 0 Å². The summed E-state index contributed by atoms with van der Waals surface area (Å²) in [4.78, 5) is 4.11. The number of aliphatic imine (C=N–C) groups is 1.